The van der Waals surface area contributed by atoms with Crippen LogP contribution in [0.25, 0.3) is 0 Å². The number of halogens is 1. The zero-order valence-corrected chi connectivity index (χ0v) is 17.1. The number of aliphatic imine (C=N–C) groups is 1. The maximum Gasteiger partial charge on any atom is 0.193 e. The van der Waals surface area contributed by atoms with Crippen LogP contribution in [0.2, 0.25) is 0 Å². The fourth-order valence-electron chi connectivity index (χ4n) is 2.90. The van der Waals surface area contributed by atoms with Crippen molar-refractivity contribution in [2.75, 3.05) is 39.2 Å². The Morgan fingerprint density at radius 3 is 2.58 bits per heavy atom. The number of likely N-dealkylation sites (tertiary alicyclic amines) is 1. The molecule has 0 saturated carbocycles. The molecule has 1 heterocycles. The van der Waals surface area contributed by atoms with Crippen molar-refractivity contribution in [1.82, 2.24) is 4.90 Å². The van der Waals surface area contributed by atoms with Crippen molar-refractivity contribution in [3.8, 4) is 11.5 Å². The Labute approximate surface area is 161 Å². The number of guanidine groups is 1. The van der Waals surface area contributed by atoms with Gasteiger partial charge in [0.1, 0.15) is 11.5 Å². The van der Waals surface area contributed by atoms with Crippen LogP contribution in [0.5, 0.6) is 11.5 Å². The van der Waals surface area contributed by atoms with Gasteiger partial charge in [-0.3, -0.25) is 9.89 Å². The number of ether oxygens (including phenoxy) is 2. The van der Waals surface area contributed by atoms with Crippen molar-refractivity contribution < 1.29 is 9.47 Å². The van der Waals surface area contributed by atoms with E-state index in [0.29, 0.717) is 24.3 Å². The molecule has 1 fully saturated rings. The highest BCUT2D eigenvalue weighted by Gasteiger charge is 2.20. The Morgan fingerprint density at radius 1 is 1.29 bits per heavy atom. The van der Waals surface area contributed by atoms with Gasteiger partial charge >= 0.3 is 0 Å². The van der Waals surface area contributed by atoms with Gasteiger partial charge in [-0.25, -0.2) is 0 Å². The van der Waals surface area contributed by atoms with Crippen LogP contribution in [-0.4, -0.2) is 50.8 Å². The minimum absolute atomic E-state index is 0. The molecular formula is C17H29IN4O2. The van der Waals surface area contributed by atoms with E-state index in [2.05, 4.69) is 22.1 Å². The molecule has 1 unspecified atom stereocenters. The summed E-state index contributed by atoms with van der Waals surface area (Å²) in [6, 6.07) is 6.00. The highest BCUT2D eigenvalue weighted by molar-refractivity contribution is 14.0. The quantitative estimate of drug-likeness (QED) is 0.381. The standard InChI is InChI=1S/C17H28N4O2.HI/c1-4-13(21-9-5-6-10-21)12-19-17(18)20-15-11-14(22-2)7-8-16(15)23-3;/h7-8,11,13H,4-6,9-10,12H2,1-3H3,(H3,18,19,20);1H. The van der Waals surface area contributed by atoms with E-state index in [9.17, 15) is 0 Å². The monoisotopic (exact) mass is 448 g/mol. The predicted octanol–water partition coefficient (Wildman–Crippen LogP) is 2.92. The summed E-state index contributed by atoms with van der Waals surface area (Å²) in [5, 5.41) is 3.11. The highest BCUT2D eigenvalue weighted by Crippen LogP contribution is 2.28. The van der Waals surface area contributed by atoms with E-state index in [0.717, 1.165) is 17.9 Å². The molecule has 136 valence electrons. The number of nitrogens with one attached hydrogen (secondary N) is 1. The number of anilines is 1. The van der Waals surface area contributed by atoms with Crippen molar-refractivity contribution in [2.45, 2.75) is 32.2 Å². The summed E-state index contributed by atoms with van der Waals surface area (Å²) in [7, 11) is 3.26. The Bertz CT molecular complexity index is 533. The van der Waals surface area contributed by atoms with Crippen LogP contribution in [0.1, 0.15) is 26.2 Å². The van der Waals surface area contributed by atoms with E-state index in [4.69, 9.17) is 15.2 Å². The third-order valence-corrected chi connectivity index (χ3v) is 4.27. The van der Waals surface area contributed by atoms with Gasteiger partial charge in [-0.1, -0.05) is 6.92 Å². The Morgan fingerprint density at radius 2 is 2.00 bits per heavy atom. The van der Waals surface area contributed by atoms with Gasteiger partial charge in [0.05, 0.1) is 26.5 Å². The lowest BCUT2D eigenvalue weighted by atomic mass is 10.2. The van der Waals surface area contributed by atoms with Crippen LogP contribution >= 0.6 is 24.0 Å². The van der Waals surface area contributed by atoms with Crippen molar-refractivity contribution in [1.29, 1.82) is 0 Å². The number of hydrogen-bond acceptors (Lipinski definition) is 4. The normalized spacial score (nSPS) is 16.4. The second-order valence-corrected chi connectivity index (χ2v) is 5.72. The molecule has 0 amide bonds. The molecule has 1 aromatic carbocycles. The minimum atomic E-state index is 0. The SMILES string of the molecule is CCC(CN=C(N)Nc1cc(OC)ccc1OC)N1CCCC1.I. The molecule has 0 aromatic heterocycles. The molecule has 6 nitrogen and oxygen atoms in total. The smallest absolute Gasteiger partial charge is 0.193 e. The first-order valence-electron chi connectivity index (χ1n) is 8.21. The lowest BCUT2D eigenvalue weighted by Crippen LogP contribution is -2.35. The number of rotatable bonds is 7. The molecule has 0 aliphatic carbocycles. The minimum Gasteiger partial charge on any atom is -0.497 e. The number of hydrogen-bond donors (Lipinski definition) is 2. The highest BCUT2D eigenvalue weighted by atomic mass is 127. The first-order chi connectivity index (χ1) is 11.2. The summed E-state index contributed by atoms with van der Waals surface area (Å²) in [6.07, 6.45) is 3.66. The van der Waals surface area contributed by atoms with Crippen LogP contribution in [0.3, 0.4) is 0 Å². The maximum absolute atomic E-state index is 6.05. The number of nitrogens with zero attached hydrogens (tertiary/aromatic N) is 2. The fourth-order valence-corrected chi connectivity index (χ4v) is 2.90. The van der Waals surface area contributed by atoms with Crippen molar-refractivity contribution in [2.24, 2.45) is 10.7 Å². The molecule has 7 heteroatoms. The average Bonchev–Trinajstić information content (AvgIpc) is 3.09. The molecule has 1 aliphatic heterocycles. The zero-order valence-electron chi connectivity index (χ0n) is 14.7. The van der Waals surface area contributed by atoms with E-state index in [1.54, 1.807) is 14.2 Å². The molecule has 0 bridgehead atoms. The largest absolute Gasteiger partial charge is 0.497 e. The molecule has 1 atom stereocenters. The van der Waals surface area contributed by atoms with Crippen LogP contribution in [0, 0.1) is 0 Å². The topological polar surface area (TPSA) is 72.1 Å². The first kappa shape index (κ1) is 20.8. The fraction of sp³-hybridized carbons (Fsp3) is 0.588. The van der Waals surface area contributed by atoms with Crippen LogP contribution in [0.4, 0.5) is 5.69 Å². The van der Waals surface area contributed by atoms with Crippen molar-refractivity contribution >= 4 is 35.6 Å². The van der Waals surface area contributed by atoms with Crippen LogP contribution in [0.15, 0.2) is 23.2 Å². The molecule has 0 spiro atoms. The van der Waals surface area contributed by atoms with Gasteiger partial charge in [-0.15, -0.1) is 24.0 Å². The third-order valence-electron chi connectivity index (χ3n) is 4.27. The molecular weight excluding hydrogens is 419 g/mol. The van der Waals surface area contributed by atoms with Gasteiger partial charge in [-0.2, -0.15) is 0 Å². The second-order valence-electron chi connectivity index (χ2n) is 5.72. The van der Waals surface area contributed by atoms with E-state index >= 15 is 0 Å². The van der Waals surface area contributed by atoms with E-state index < -0.39 is 0 Å². The predicted molar refractivity (Wildman–Crippen MR) is 110 cm³/mol. The summed E-state index contributed by atoms with van der Waals surface area (Å²) < 4.78 is 10.6. The number of nitrogens with two attached hydrogens (primary N) is 1. The van der Waals surface area contributed by atoms with E-state index in [1.807, 2.05) is 18.2 Å². The van der Waals surface area contributed by atoms with Crippen LogP contribution < -0.4 is 20.5 Å². The molecule has 0 radical (unpaired) electrons. The molecule has 1 saturated heterocycles. The van der Waals surface area contributed by atoms with Gasteiger partial charge in [0, 0.05) is 12.1 Å². The van der Waals surface area contributed by atoms with E-state index in [1.165, 1.54) is 25.9 Å². The molecule has 2 rings (SSSR count). The Hall–Kier alpha value is -1.22. The summed E-state index contributed by atoms with van der Waals surface area (Å²) in [5.74, 6) is 1.84. The van der Waals surface area contributed by atoms with Crippen molar-refractivity contribution in [3.63, 3.8) is 0 Å². The van der Waals surface area contributed by atoms with Gasteiger partial charge in [0.25, 0.3) is 0 Å². The lowest BCUT2D eigenvalue weighted by Gasteiger charge is -2.24. The summed E-state index contributed by atoms with van der Waals surface area (Å²) >= 11 is 0. The zero-order chi connectivity index (χ0) is 16.7. The second kappa shape index (κ2) is 10.6. The van der Waals surface area contributed by atoms with E-state index in [-0.39, 0.29) is 24.0 Å². The molecule has 24 heavy (non-hydrogen) atoms. The number of benzene rings is 1. The lowest BCUT2D eigenvalue weighted by molar-refractivity contribution is 0.242. The molecule has 1 aromatic rings. The molecule has 1 aliphatic rings. The summed E-state index contributed by atoms with van der Waals surface area (Å²) in [4.78, 5) is 7.01. The van der Waals surface area contributed by atoms with Gasteiger partial charge < -0.3 is 20.5 Å². The average molecular weight is 448 g/mol. The van der Waals surface area contributed by atoms with Gasteiger partial charge in [0.15, 0.2) is 5.96 Å². The third kappa shape index (κ3) is 5.70. The molecule has 3 N–H and O–H groups in total. The summed E-state index contributed by atoms with van der Waals surface area (Å²) in [6.45, 7) is 5.25. The van der Waals surface area contributed by atoms with Gasteiger partial charge in [-0.05, 0) is 44.5 Å². The Balaban J connectivity index is 0.00000288. The van der Waals surface area contributed by atoms with Crippen molar-refractivity contribution in [3.05, 3.63) is 18.2 Å². The number of methoxy groups -OCH3 is 2. The first-order valence-corrected chi connectivity index (χ1v) is 8.21. The summed E-state index contributed by atoms with van der Waals surface area (Å²) in [5.41, 5.74) is 6.80. The Kier molecular flexibility index (Phi) is 9.20. The maximum atomic E-state index is 6.05. The van der Waals surface area contributed by atoms with Crippen LogP contribution in [-0.2, 0) is 0 Å². The van der Waals surface area contributed by atoms with Gasteiger partial charge in [0.2, 0.25) is 0 Å².